The maximum absolute atomic E-state index is 11.0. The van der Waals surface area contributed by atoms with E-state index < -0.39 is 0 Å². The summed E-state index contributed by atoms with van der Waals surface area (Å²) in [7, 11) is 0. The maximum atomic E-state index is 11.0. The third kappa shape index (κ3) is 18.0. The first-order valence-corrected chi connectivity index (χ1v) is 25.8. The minimum Gasteiger partial charge on any atom is -0.507 e. The molecule has 0 aromatic heterocycles. The predicted octanol–water partition coefficient (Wildman–Crippen LogP) is 9.54. The monoisotopic (exact) mass is 1130 g/mol. The van der Waals surface area contributed by atoms with E-state index in [9.17, 15) is 64.8 Å². The Hall–Kier alpha value is -9.49. The van der Waals surface area contributed by atoms with Gasteiger partial charge in [0.05, 0.1) is 55.3 Å². The molecule has 8 aromatic rings. The molecule has 0 heterocycles. The van der Waals surface area contributed by atoms with Crippen molar-refractivity contribution >= 4 is 31.4 Å². The molecule has 17 nitrogen and oxygen atoms in total. The zero-order valence-electron chi connectivity index (χ0n) is 46.5. The highest BCUT2D eigenvalue weighted by Crippen LogP contribution is 2.35. The van der Waals surface area contributed by atoms with Crippen LogP contribution in [0.5, 0.6) is 40.2 Å². The van der Waals surface area contributed by atoms with Crippen LogP contribution in [0.3, 0.4) is 0 Å². The van der Waals surface area contributed by atoms with Crippen LogP contribution in [0, 0.1) is 27.7 Å². The lowest BCUT2D eigenvalue weighted by molar-refractivity contribution is 0.111. The number of phenolic OH excluding ortho intramolecular Hbond substituents is 4. The van der Waals surface area contributed by atoms with E-state index in [0.29, 0.717) is 111 Å². The molecule has 0 aliphatic rings. The normalized spacial score (nSPS) is 10.3. The van der Waals surface area contributed by atoms with Crippen molar-refractivity contribution < 1.29 is 85.3 Å². The largest absolute Gasteiger partial charge is 0.507 e. The first-order valence-electron chi connectivity index (χ1n) is 25.8. The predicted molar refractivity (Wildman–Crippen MR) is 313 cm³/mol. The number of phenols is 7. The summed E-state index contributed by atoms with van der Waals surface area (Å²) in [6.07, 6.45) is 4.56. The molecular formula is C66H68O17. The van der Waals surface area contributed by atoms with Crippen LogP contribution in [0.25, 0.3) is 11.1 Å². The van der Waals surface area contributed by atoms with Gasteiger partial charge in [-0.05, 0) is 156 Å². The average Bonchev–Trinajstić information content (AvgIpc) is 3.70. The molecule has 0 aliphatic heterocycles. The molecule has 0 unspecified atom stereocenters. The average molecular weight is 1130 g/mol. The number of carbonyl (C=O) groups is 5. The van der Waals surface area contributed by atoms with Gasteiger partial charge in [-0.15, -0.1) is 0 Å². The van der Waals surface area contributed by atoms with Crippen LogP contribution < -0.4 is 0 Å². The molecular weight excluding hydrogens is 1060 g/mol. The van der Waals surface area contributed by atoms with Gasteiger partial charge < -0.3 is 61.3 Å². The summed E-state index contributed by atoms with van der Waals surface area (Å²) >= 11 is 0. The fourth-order valence-electron chi connectivity index (χ4n) is 8.75. The molecule has 0 atom stereocenters. The molecule has 434 valence electrons. The molecule has 0 fully saturated rings. The van der Waals surface area contributed by atoms with Crippen molar-refractivity contribution in [1.82, 2.24) is 0 Å². The van der Waals surface area contributed by atoms with Crippen molar-refractivity contribution in [3.8, 4) is 51.4 Å². The van der Waals surface area contributed by atoms with Crippen molar-refractivity contribution in [2.45, 2.75) is 86.9 Å². The molecule has 0 amide bonds. The number of carbonyl (C=O) groups excluding carboxylic acids is 5. The second-order valence-corrected chi connectivity index (χ2v) is 19.2. The lowest BCUT2D eigenvalue weighted by Crippen LogP contribution is -1.97. The first-order chi connectivity index (χ1) is 39.7. The van der Waals surface area contributed by atoms with Crippen molar-refractivity contribution in [3.05, 3.63) is 227 Å². The molecule has 0 saturated heterocycles. The van der Waals surface area contributed by atoms with Gasteiger partial charge in [0.2, 0.25) is 0 Å². The number of hydrogen-bond acceptors (Lipinski definition) is 17. The number of aldehydes is 5. The zero-order valence-corrected chi connectivity index (χ0v) is 46.5. The van der Waals surface area contributed by atoms with Gasteiger partial charge in [-0.2, -0.15) is 0 Å². The van der Waals surface area contributed by atoms with Gasteiger partial charge in [0, 0.05) is 34.2 Å². The van der Waals surface area contributed by atoms with Gasteiger partial charge in [0.1, 0.15) is 46.5 Å². The number of hydrogen-bond donors (Lipinski definition) is 12. The van der Waals surface area contributed by atoms with Gasteiger partial charge in [-0.25, -0.2) is 0 Å². The molecule has 0 bridgehead atoms. The van der Waals surface area contributed by atoms with E-state index in [-0.39, 0.29) is 102 Å². The number of aryl methyl sites for hydroxylation is 5. The SMILES string of the molecule is CCc1cc(CO)cc(C=O)c1O.Cc1cc(C=O)c(O)c(Cc2cc(C)cc(CO)c2O)c1.Cc1cc(Cc2cc(C)c(O)c(CO)c2)cc(C=O)c1O.O=Cc1cc(CO)c(O)c(-c2ccccc2)c1.O=Cc1cc(CO)ccc1O. The van der Waals surface area contributed by atoms with E-state index >= 15 is 0 Å². The Morgan fingerprint density at radius 3 is 1.36 bits per heavy atom. The van der Waals surface area contributed by atoms with Crippen molar-refractivity contribution in [3.63, 3.8) is 0 Å². The van der Waals surface area contributed by atoms with Crippen LogP contribution in [0.2, 0.25) is 0 Å². The van der Waals surface area contributed by atoms with Gasteiger partial charge >= 0.3 is 0 Å². The smallest absolute Gasteiger partial charge is 0.153 e. The van der Waals surface area contributed by atoms with Crippen LogP contribution in [0.15, 0.2) is 121 Å². The summed E-state index contributed by atoms with van der Waals surface area (Å²) in [5.41, 5.74) is 12.1. The molecule has 8 aromatic carbocycles. The summed E-state index contributed by atoms with van der Waals surface area (Å²) in [4.78, 5) is 53.5. The lowest BCUT2D eigenvalue weighted by atomic mass is 9.96. The highest BCUT2D eigenvalue weighted by molar-refractivity contribution is 5.84. The maximum Gasteiger partial charge on any atom is 0.153 e. The van der Waals surface area contributed by atoms with E-state index in [1.54, 1.807) is 68.4 Å². The Morgan fingerprint density at radius 2 is 0.807 bits per heavy atom. The Morgan fingerprint density at radius 1 is 0.349 bits per heavy atom. The van der Waals surface area contributed by atoms with Crippen molar-refractivity contribution in [1.29, 1.82) is 0 Å². The molecule has 0 aliphatic carbocycles. The third-order valence-electron chi connectivity index (χ3n) is 13.0. The number of benzene rings is 8. The Kier molecular flexibility index (Phi) is 25.5. The fourth-order valence-corrected chi connectivity index (χ4v) is 8.75. The third-order valence-corrected chi connectivity index (χ3v) is 13.0. The van der Waals surface area contributed by atoms with E-state index in [4.69, 9.17) is 20.4 Å². The van der Waals surface area contributed by atoms with E-state index in [1.165, 1.54) is 24.3 Å². The highest BCUT2D eigenvalue weighted by atomic mass is 16.3. The Labute approximate surface area is 480 Å². The fraction of sp³-hybridized carbons (Fsp3) is 0.197. The first kappa shape index (κ1) is 66.0. The molecule has 83 heavy (non-hydrogen) atoms. The molecule has 8 rings (SSSR count). The molecule has 0 saturated carbocycles. The molecule has 0 radical (unpaired) electrons. The van der Waals surface area contributed by atoms with Gasteiger partial charge in [0.15, 0.2) is 25.1 Å². The summed E-state index contributed by atoms with van der Waals surface area (Å²) in [5, 5.41) is 113. The topological polar surface area (TPSA) is 328 Å². The summed E-state index contributed by atoms with van der Waals surface area (Å²) < 4.78 is 0. The van der Waals surface area contributed by atoms with Gasteiger partial charge in [-0.3, -0.25) is 24.0 Å². The van der Waals surface area contributed by atoms with Crippen molar-refractivity contribution in [2.75, 3.05) is 0 Å². The Bertz CT molecular complexity index is 3550. The molecule has 17 heteroatoms. The minimum absolute atomic E-state index is 0.00619. The summed E-state index contributed by atoms with van der Waals surface area (Å²) in [6, 6.07) is 33.9. The number of aliphatic hydroxyl groups excluding tert-OH is 5. The van der Waals surface area contributed by atoms with Crippen LogP contribution in [-0.4, -0.2) is 92.7 Å². The van der Waals surface area contributed by atoms with Crippen LogP contribution >= 0.6 is 0 Å². The Balaban J connectivity index is 0.000000227. The van der Waals surface area contributed by atoms with E-state index in [1.807, 2.05) is 63.2 Å². The lowest BCUT2D eigenvalue weighted by Gasteiger charge is -2.13. The van der Waals surface area contributed by atoms with Crippen LogP contribution in [0.1, 0.15) is 137 Å². The van der Waals surface area contributed by atoms with Crippen LogP contribution in [-0.2, 0) is 52.3 Å². The van der Waals surface area contributed by atoms with Gasteiger partial charge in [-0.1, -0.05) is 79.2 Å². The van der Waals surface area contributed by atoms with Crippen LogP contribution in [0.4, 0.5) is 0 Å². The second-order valence-electron chi connectivity index (χ2n) is 19.2. The minimum atomic E-state index is -0.298. The standard InChI is InChI=1S/2C17H18O4.C14H12O3.C10H12O3.C8H8O3/c1-10-3-12(6-14(8-18)16(10)20)5-13-4-11(2)17(21)15(7-13)9-19;1-10-3-12(16(20)14(5-10)8-18)7-13-4-11(2)6-15(9-19)17(13)21;15-8-10-6-12(9-16)14(17)13(7-10)11-4-2-1-3-5-11;1-2-8-3-7(5-11)4-9(6-12)10(8)13;9-4-6-1-2-8(11)7(3-6)5-10/h3-4,6-8,19-21H,5,9H2,1-2H3;3-6,8,19-21H,7,9H2,1-2H3;1-8,16-17H,9H2;3-4,6,11,13H,2,5H2,1H3;1-3,5,9,11H,4H2. The second kappa shape index (κ2) is 32.1. The number of aliphatic hydroxyl groups is 5. The summed E-state index contributed by atoms with van der Waals surface area (Å²) in [5.74, 6) is 0.0540. The number of aromatic hydroxyl groups is 7. The molecule has 0 spiro atoms. The quantitative estimate of drug-likeness (QED) is 0.0401. The number of rotatable bonds is 16. The summed E-state index contributed by atoms with van der Waals surface area (Å²) in [6.45, 7) is 8.09. The van der Waals surface area contributed by atoms with E-state index in [0.717, 1.165) is 27.8 Å². The van der Waals surface area contributed by atoms with E-state index in [2.05, 4.69) is 0 Å². The van der Waals surface area contributed by atoms with Crippen molar-refractivity contribution in [2.24, 2.45) is 0 Å². The zero-order chi connectivity index (χ0) is 61.5. The van der Waals surface area contributed by atoms with Gasteiger partial charge in [0.25, 0.3) is 0 Å². The molecule has 12 N–H and O–H groups in total. The highest BCUT2D eigenvalue weighted by Gasteiger charge is 2.16.